The molecule has 0 radical (unpaired) electrons. The number of ether oxygens (including phenoxy) is 3. The van der Waals surface area contributed by atoms with Gasteiger partial charge in [-0.1, -0.05) is 12.1 Å². The minimum Gasteiger partial charge on any atom is -0.497 e. The largest absolute Gasteiger partial charge is 0.497 e. The molecule has 0 saturated heterocycles. The lowest BCUT2D eigenvalue weighted by Gasteiger charge is -2.16. The van der Waals surface area contributed by atoms with Gasteiger partial charge in [0.15, 0.2) is 0 Å². The minimum atomic E-state index is -0.273. The summed E-state index contributed by atoms with van der Waals surface area (Å²) in [6.45, 7) is 2.73. The van der Waals surface area contributed by atoms with E-state index in [0.29, 0.717) is 17.2 Å². The summed E-state index contributed by atoms with van der Waals surface area (Å²) in [4.78, 5) is 12.3. The van der Waals surface area contributed by atoms with E-state index in [1.807, 2.05) is 19.1 Å². The molecule has 1 aliphatic heterocycles. The first kappa shape index (κ1) is 17.9. The number of carbonyl (C=O) groups is 1. The fourth-order valence-electron chi connectivity index (χ4n) is 3.06. The monoisotopic (exact) mass is 356 g/mol. The summed E-state index contributed by atoms with van der Waals surface area (Å²) in [5.41, 5.74) is 3.01. The molecule has 2 amide bonds. The Morgan fingerprint density at radius 2 is 2.04 bits per heavy atom. The lowest BCUT2D eigenvalue weighted by Crippen LogP contribution is -2.37. The molecule has 0 fully saturated rings. The van der Waals surface area contributed by atoms with Crippen molar-refractivity contribution in [1.82, 2.24) is 5.32 Å². The van der Waals surface area contributed by atoms with Gasteiger partial charge in [-0.2, -0.15) is 0 Å². The Kier molecular flexibility index (Phi) is 5.51. The number of carbonyl (C=O) groups excluding carboxylic acids is 1. The smallest absolute Gasteiger partial charge is 0.319 e. The van der Waals surface area contributed by atoms with Crippen LogP contribution in [0, 0.1) is 0 Å². The molecule has 0 aliphatic carbocycles. The highest BCUT2D eigenvalue weighted by Gasteiger charge is 2.15. The van der Waals surface area contributed by atoms with Gasteiger partial charge in [-0.05, 0) is 42.7 Å². The molecule has 26 heavy (non-hydrogen) atoms. The maximum Gasteiger partial charge on any atom is 0.319 e. The summed E-state index contributed by atoms with van der Waals surface area (Å²) in [7, 11) is 3.14. The van der Waals surface area contributed by atoms with E-state index in [0.717, 1.165) is 25.2 Å². The van der Waals surface area contributed by atoms with Gasteiger partial charge < -0.3 is 24.8 Å². The second-order valence-electron chi connectivity index (χ2n) is 6.31. The van der Waals surface area contributed by atoms with E-state index >= 15 is 0 Å². The Bertz CT molecular complexity index is 791. The summed E-state index contributed by atoms with van der Waals surface area (Å²) in [5, 5.41) is 5.78. The standard InChI is InChI=1S/C20H24N2O4/c1-13(10-14-4-7-18-15(11-14)8-9-26-18)21-20(23)22-17-6-5-16(24-2)12-19(17)25-3/h4-7,11-13H,8-10H2,1-3H3,(H2,21,22,23). The average molecular weight is 356 g/mol. The maximum atomic E-state index is 12.3. The second-order valence-corrected chi connectivity index (χ2v) is 6.31. The molecule has 0 aromatic heterocycles. The van der Waals surface area contributed by atoms with Crippen LogP contribution in [-0.4, -0.2) is 32.9 Å². The van der Waals surface area contributed by atoms with Crippen LogP contribution in [0.25, 0.3) is 0 Å². The van der Waals surface area contributed by atoms with Crippen LogP contribution in [0.1, 0.15) is 18.1 Å². The van der Waals surface area contributed by atoms with Crippen LogP contribution in [0.4, 0.5) is 10.5 Å². The zero-order valence-corrected chi connectivity index (χ0v) is 15.3. The Balaban J connectivity index is 1.57. The summed E-state index contributed by atoms with van der Waals surface area (Å²) < 4.78 is 16.0. The molecule has 0 bridgehead atoms. The first-order chi connectivity index (χ1) is 12.6. The van der Waals surface area contributed by atoms with Gasteiger partial charge in [-0.15, -0.1) is 0 Å². The maximum absolute atomic E-state index is 12.3. The van der Waals surface area contributed by atoms with Crippen LogP contribution >= 0.6 is 0 Å². The molecule has 138 valence electrons. The van der Waals surface area contributed by atoms with E-state index in [1.165, 1.54) is 11.1 Å². The molecule has 6 nitrogen and oxygen atoms in total. The van der Waals surface area contributed by atoms with Gasteiger partial charge in [0.2, 0.25) is 0 Å². The van der Waals surface area contributed by atoms with E-state index in [1.54, 1.807) is 32.4 Å². The van der Waals surface area contributed by atoms with Crippen molar-refractivity contribution in [1.29, 1.82) is 0 Å². The number of amides is 2. The van der Waals surface area contributed by atoms with E-state index in [9.17, 15) is 4.79 Å². The van der Waals surface area contributed by atoms with Crippen molar-refractivity contribution < 1.29 is 19.0 Å². The van der Waals surface area contributed by atoms with Crippen molar-refractivity contribution in [2.75, 3.05) is 26.1 Å². The third-order valence-corrected chi connectivity index (χ3v) is 4.33. The Morgan fingerprint density at radius 3 is 2.81 bits per heavy atom. The molecule has 1 aliphatic rings. The molecule has 2 aromatic rings. The topological polar surface area (TPSA) is 68.8 Å². The predicted octanol–water partition coefficient (Wildman–Crippen LogP) is 3.39. The molecule has 1 atom stereocenters. The molecule has 2 aromatic carbocycles. The molecule has 3 rings (SSSR count). The summed E-state index contributed by atoms with van der Waals surface area (Å²) in [5.74, 6) is 2.19. The first-order valence-corrected chi connectivity index (χ1v) is 8.63. The van der Waals surface area contributed by atoms with Gasteiger partial charge >= 0.3 is 6.03 Å². The molecular formula is C20H24N2O4. The van der Waals surface area contributed by atoms with Crippen LogP contribution < -0.4 is 24.8 Å². The van der Waals surface area contributed by atoms with E-state index in [4.69, 9.17) is 14.2 Å². The molecule has 0 spiro atoms. The highest BCUT2D eigenvalue weighted by atomic mass is 16.5. The van der Waals surface area contributed by atoms with Crippen LogP contribution in [0.15, 0.2) is 36.4 Å². The number of benzene rings is 2. The van der Waals surface area contributed by atoms with Gasteiger partial charge in [0.05, 0.1) is 26.5 Å². The quantitative estimate of drug-likeness (QED) is 0.832. The lowest BCUT2D eigenvalue weighted by molar-refractivity contribution is 0.249. The number of hydrogen-bond acceptors (Lipinski definition) is 4. The molecule has 1 heterocycles. The fourth-order valence-corrected chi connectivity index (χ4v) is 3.06. The van der Waals surface area contributed by atoms with Gasteiger partial charge in [0.1, 0.15) is 17.2 Å². The lowest BCUT2D eigenvalue weighted by atomic mass is 10.0. The van der Waals surface area contributed by atoms with Crippen molar-refractivity contribution in [2.45, 2.75) is 25.8 Å². The average Bonchev–Trinajstić information content (AvgIpc) is 3.09. The van der Waals surface area contributed by atoms with Crippen molar-refractivity contribution in [3.05, 3.63) is 47.5 Å². The summed E-state index contributed by atoms with van der Waals surface area (Å²) in [6.07, 6.45) is 1.70. The molecule has 2 N–H and O–H groups in total. The third kappa shape index (κ3) is 4.20. The number of hydrogen-bond donors (Lipinski definition) is 2. The molecule has 6 heteroatoms. The van der Waals surface area contributed by atoms with E-state index in [-0.39, 0.29) is 12.1 Å². The summed E-state index contributed by atoms with van der Waals surface area (Å²) in [6, 6.07) is 11.2. The van der Waals surface area contributed by atoms with Gasteiger partial charge in [0.25, 0.3) is 0 Å². The zero-order valence-electron chi connectivity index (χ0n) is 15.3. The van der Waals surface area contributed by atoms with Crippen molar-refractivity contribution >= 4 is 11.7 Å². The molecule has 1 unspecified atom stereocenters. The van der Waals surface area contributed by atoms with Gasteiger partial charge in [0, 0.05) is 18.5 Å². The van der Waals surface area contributed by atoms with Crippen molar-refractivity contribution in [3.63, 3.8) is 0 Å². The van der Waals surface area contributed by atoms with Crippen molar-refractivity contribution in [3.8, 4) is 17.2 Å². The van der Waals surface area contributed by atoms with Gasteiger partial charge in [-0.3, -0.25) is 0 Å². The first-order valence-electron chi connectivity index (χ1n) is 8.63. The highest BCUT2D eigenvalue weighted by molar-refractivity contribution is 5.91. The number of methoxy groups -OCH3 is 2. The van der Waals surface area contributed by atoms with Crippen molar-refractivity contribution in [2.24, 2.45) is 0 Å². The minimum absolute atomic E-state index is 0.0142. The number of rotatable bonds is 6. The van der Waals surface area contributed by atoms with Gasteiger partial charge in [-0.25, -0.2) is 4.79 Å². The van der Waals surface area contributed by atoms with Crippen LogP contribution in [-0.2, 0) is 12.8 Å². The number of anilines is 1. The number of fused-ring (bicyclic) bond motifs is 1. The molecular weight excluding hydrogens is 332 g/mol. The normalized spacial score (nSPS) is 13.3. The van der Waals surface area contributed by atoms with E-state index < -0.39 is 0 Å². The zero-order chi connectivity index (χ0) is 18.5. The second kappa shape index (κ2) is 7.99. The third-order valence-electron chi connectivity index (χ3n) is 4.33. The fraction of sp³-hybridized carbons (Fsp3) is 0.350. The Hall–Kier alpha value is -2.89. The van der Waals surface area contributed by atoms with Crippen LogP contribution in [0.5, 0.6) is 17.2 Å². The van der Waals surface area contributed by atoms with Crippen LogP contribution in [0.2, 0.25) is 0 Å². The van der Waals surface area contributed by atoms with E-state index in [2.05, 4.69) is 16.7 Å². The number of nitrogens with one attached hydrogen (secondary N) is 2. The number of urea groups is 1. The summed E-state index contributed by atoms with van der Waals surface area (Å²) >= 11 is 0. The highest BCUT2D eigenvalue weighted by Crippen LogP contribution is 2.29. The van der Waals surface area contributed by atoms with Crippen LogP contribution in [0.3, 0.4) is 0 Å². The predicted molar refractivity (Wildman–Crippen MR) is 101 cm³/mol. The SMILES string of the molecule is COc1ccc(NC(=O)NC(C)Cc2ccc3c(c2)CCO3)c(OC)c1. The Morgan fingerprint density at radius 1 is 1.19 bits per heavy atom. The Labute approximate surface area is 153 Å². The molecule has 0 saturated carbocycles.